The van der Waals surface area contributed by atoms with E-state index in [1.165, 1.54) is 24.3 Å². The Bertz CT molecular complexity index is 532. The van der Waals surface area contributed by atoms with Crippen LogP contribution in [0.3, 0.4) is 0 Å². The molecule has 128 valence electrons. The van der Waals surface area contributed by atoms with Crippen LogP contribution >= 0.6 is 0 Å². The fourth-order valence-corrected chi connectivity index (χ4v) is 1.58. The average Bonchev–Trinajstić information content (AvgIpc) is 2.51. The molecule has 0 fully saturated rings. The van der Waals surface area contributed by atoms with Crippen LogP contribution in [0.1, 0.15) is 38.1 Å². The minimum Gasteiger partial charge on any atom is -0.463 e. The number of nitrogens with zero attached hydrogens (tertiary/aromatic N) is 1. The quantitative estimate of drug-likeness (QED) is 0.476. The number of hydrogen-bond donors (Lipinski definition) is 1. The third-order valence-electron chi connectivity index (χ3n) is 3.26. The Hall–Kier alpha value is -1.95. The molecule has 1 N–H and O–H groups in total. The number of rotatable bonds is 7. The summed E-state index contributed by atoms with van der Waals surface area (Å²) >= 11 is 0. The molecule has 23 heavy (non-hydrogen) atoms. The molecule has 0 spiro atoms. The molecule has 0 bridgehead atoms. The monoisotopic (exact) mass is 324 g/mol. The summed E-state index contributed by atoms with van der Waals surface area (Å²) in [5.74, 6) is -0.633. The van der Waals surface area contributed by atoms with Gasteiger partial charge in [0.1, 0.15) is 12.4 Å². The summed E-state index contributed by atoms with van der Waals surface area (Å²) in [5, 5.41) is 2.59. The lowest BCUT2D eigenvalue weighted by Crippen LogP contribution is -2.34. The van der Waals surface area contributed by atoms with Crippen LogP contribution in [0.5, 0.6) is 0 Å². The zero-order chi connectivity index (χ0) is 17.2. The molecule has 0 radical (unpaired) electrons. The molecule has 1 atom stereocenters. The number of carbonyl (C=O) groups excluding carboxylic acids is 1. The highest BCUT2D eigenvalue weighted by Gasteiger charge is 2.13. The van der Waals surface area contributed by atoms with Gasteiger partial charge in [-0.3, -0.25) is 10.1 Å². The number of halogens is 1. The van der Waals surface area contributed by atoms with Crippen LogP contribution in [-0.4, -0.2) is 37.8 Å². The molecule has 1 aromatic carbocycles. The van der Waals surface area contributed by atoms with Crippen molar-refractivity contribution in [2.75, 3.05) is 19.8 Å². The van der Waals surface area contributed by atoms with Gasteiger partial charge in [0.2, 0.25) is 0 Å². The van der Waals surface area contributed by atoms with E-state index in [0.29, 0.717) is 19.1 Å². The molecule has 5 nitrogen and oxygen atoms in total. The van der Waals surface area contributed by atoms with Gasteiger partial charge in [-0.2, -0.15) is 0 Å². The van der Waals surface area contributed by atoms with Gasteiger partial charge in [-0.15, -0.1) is 0 Å². The minimum atomic E-state index is -0.469. The van der Waals surface area contributed by atoms with E-state index >= 15 is 0 Å². The Labute approximate surface area is 136 Å². The van der Waals surface area contributed by atoms with Gasteiger partial charge in [0.15, 0.2) is 0 Å². The first-order valence-corrected chi connectivity index (χ1v) is 7.79. The van der Waals surface area contributed by atoms with E-state index in [9.17, 15) is 9.18 Å². The molecule has 1 rings (SSSR count). The highest BCUT2D eigenvalue weighted by molar-refractivity contribution is 6.04. The third kappa shape index (κ3) is 7.23. The molecule has 0 unspecified atom stereocenters. The number of aliphatic imine (C=N–C) groups is 1. The van der Waals surface area contributed by atoms with Crippen molar-refractivity contribution in [2.24, 2.45) is 10.9 Å². The van der Waals surface area contributed by atoms with Gasteiger partial charge in [0.05, 0.1) is 12.6 Å². The zero-order valence-electron chi connectivity index (χ0n) is 14.1. The van der Waals surface area contributed by atoms with Crippen molar-refractivity contribution in [3.8, 4) is 0 Å². The summed E-state index contributed by atoms with van der Waals surface area (Å²) in [6.07, 6.45) is 0. The smallest absolute Gasteiger partial charge is 0.292 e. The molecule has 0 aliphatic heterocycles. The van der Waals surface area contributed by atoms with Crippen molar-refractivity contribution in [3.63, 3.8) is 0 Å². The standard InChI is InChI=1S/C17H25FN2O3/c1-5-22-9-10-23-17(19-13(4)12(2)3)20-16(21)14-7-6-8-15(18)11-14/h6-8,11-13H,5,9-10H2,1-4H3,(H,19,20,21)/t13-/m1/s1. The van der Waals surface area contributed by atoms with Crippen molar-refractivity contribution in [1.29, 1.82) is 0 Å². The van der Waals surface area contributed by atoms with Crippen molar-refractivity contribution >= 4 is 11.9 Å². The summed E-state index contributed by atoms with van der Waals surface area (Å²) in [7, 11) is 0. The highest BCUT2D eigenvalue weighted by Crippen LogP contribution is 2.06. The number of amidine groups is 1. The first-order valence-electron chi connectivity index (χ1n) is 7.79. The van der Waals surface area contributed by atoms with E-state index in [2.05, 4.69) is 10.3 Å². The maximum Gasteiger partial charge on any atom is 0.292 e. The normalized spacial score (nSPS) is 13.0. The topological polar surface area (TPSA) is 59.9 Å². The third-order valence-corrected chi connectivity index (χ3v) is 3.26. The fraction of sp³-hybridized carbons (Fsp3) is 0.529. The molecule has 0 aromatic heterocycles. The van der Waals surface area contributed by atoms with Gasteiger partial charge in [0, 0.05) is 12.2 Å². The number of nitrogens with one attached hydrogen (secondary N) is 1. The number of benzene rings is 1. The van der Waals surface area contributed by atoms with Crippen LogP contribution in [0.15, 0.2) is 29.3 Å². The van der Waals surface area contributed by atoms with Crippen molar-refractivity contribution < 1.29 is 18.7 Å². The second-order valence-corrected chi connectivity index (χ2v) is 5.43. The fourth-order valence-electron chi connectivity index (χ4n) is 1.58. The minimum absolute atomic E-state index is 0.0232. The zero-order valence-corrected chi connectivity index (χ0v) is 14.1. The summed E-state index contributed by atoms with van der Waals surface area (Å²) in [6.45, 7) is 9.16. The van der Waals surface area contributed by atoms with Crippen LogP contribution in [0.25, 0.3) is 0 Å². The Morgan fingerprint density at radius 2 is 2.04 bits per heavy atom. The van der Waals surface area contributed by atoms with Gasteiger partial charge in [-0.25, -0.2) is 9.38 Å². The Morgan fingerprint density at radius 1 is 1.30 bits per heavy atom. The highest BCUT2D eigenvalue weighted by atomic mass is 19.1. The number of ether oxygens (including phenoxy) is 2. The maximum atomic E-state index is 13.2. The predicted octanol–water partition coefficient (Wildman–Crippen LogP) is 3.01. The molecule has 1 aromatic rings. The molecule has 0 saturated carbocycles. The summed E-state index contributed by atoms with van der Waals surface area (Å²) in [4.78, 5) is 16.6. The lowest BCUT2D eigenvalue weighted by atomic mass is 10.1. The average molecular weight is 324 g/mol. The van der Waals surface area contributed by atoms with Gasteiger partial charge >= 0.3 is 0 Å². The molecule has 1 amide bonds. The van der Waals surface area contributed by atoms with E-state index in [0.717, 1.165) is 0 Å². The molecule has 0 aliphatic carbocycles. The SMILES string of the molecule is CCOCCOC(=N[C@H](C)C(C)C)NC(=O)c1cccc(F)c1. The molecular weight excluding hydrogens is 299 g/mol. The van der Waals surface area contributed by atoms with Crippen molar-refractivity contribution in [2.45, 2.75) is 33.7 Å². The molecule has 0 aliphatic rings. The summed E-state index contributed by atoms with van der Waals surface area (Å²) in [6, 6.07) is 5.56. The molecule has 0 saturated heterocycles. The van der Waals surface area contributed by atoms with Crippen LogP contribution in [-0.2, 0) is 9.47 Å². The van der Waals surface area contributed by atoms with Crippen molar-refractivity contribution in [1.82, 2.24) is 5.32 Å². The van der Waals surface area contributed by atoms with E-state index in [1.807, 2.05) is 27.7 Å². The van der Waals surface area contributed by atoms with Gasteiger partial charge in [0.25, 0.3) is 11.9 Å². The number of amides is 1. The van der Waals surface area contributed by atoms with Crippen LogP contribution in [0.4, 0.5) is 4.39 Å². The lowest BCUT2D eigenvalue weighted by Gasteiger charge is -2.15. The van der Waals surface area contributed by atoms with Crippen LogP contribution in [0, 0.1) is 11.7 Å². The molecule has 6 heteroatoms. The van der Waals surface area contributed by atoms with E-state index < -0.39 is 11.7 Å². The summed E-state index contributed by atoms with van der Waals surface area (Å²) < 4.78 is 23.9. The van der Waals surface area contributed by atoms with Crippen LogP contribution in [0.2, 0.25) is 0 Å². The van der Waals surface area contributed by atoms with E-state index in [4.69, 9.17) is 9.47 Å². The van der Waals surface area contributed by atoms with Gasteiger partial charge in [-0.1, -0.05) is 19.9 Å². The largest absolute Gasteiger partial charge is 0.463 e. The first-order chi connectivity index (χ1) is 10.9. The molecular formula is C17H25FN2O3. The van der Waals surface area contributed by atoms with Gasteiger partial charge < -0.3 is 9.47 Å². The Balaban J connectivity index is 2.76. The number of hydrogen-bond acceptors (Lipinski definition) is 4. The summed E-state index contributed by atoms with van der Waals surface area (Å²) in [5.41, 5.74) is 0.211. The second kappa shape index (κ2) is 9.94. The van der Waals surface area contributed by atoms with E-state index in [-0.39, 0.29) is 24.2 Å². The lowest BCUT2D eigenvalue weighted by molar-refractivity contribution is 0.0920. The maximum absolute atomic E-state index is 13.2. The van der Waals surface area contributed by atoms with Crippen LogP contribution < -0.4 is 5.32 Å². The van der Waals surface area contributed by atoms with E-state index in [1.54, 1.807) is 0 Å². The molecule has 0 heterocycles. The Kier molecular flexibility index (Phi) is 8.26. The first kappa shape index (κ1) is 19.1. The van der Waals surface area contributed by atoms with Crippen molar-refractivity contribution in [3.05, 3.63) is 35.6 Å². The predicted molar refractivity (Wildman–Crippen MR) is 88.0 cm³/mol. The Morgan fingerprint density at radius 3 is 2.65 bits per heavy atom. The van der Waals surface area contributed by atoms with Gasteiger partial charge in [-0.05, 0) is 38.0 Å². The number of carbonyl (C=O) groups is 1. The second-order valence-electron chi connectivity index (χ2n) is 5.43.